The number of nitrogens with one attached hydrogen (secondary N) is 1. The van der Waals surface area contributed by atoms with Crippen molar-refractivity contribution in [3.63, 3.8) is 0 Å². The molecule has 0 radical (unpaired) electrons. The highest BCUT2D eigenvalue weighted by atomic mass is 16.5. The molecule has 0 bridgehead atoms. The van der Waals surface area contributed by atoms with Gasteiger partial charge in [-0.3, -0.25) is 0 Å². The van der Waals surface area contributed by atoms with Gasteiger partial charge in [-0.2, -0.15) is 0 Å². The number of nitrogens with zero attached hydrogens (tertiary/aromatic N) is 2. The van der Waals surface area contributed by atoms with Crippen molar-refractivity contribution >= 4 is 5.82 Å². The zero-order valence-electron chi connectivity index (χ0n) is 12.6. The molecule has 0 saturated heterocycles. The van der Waals surface area contributed by atoms with Gasteiger partial charge >= 0.3 is 0 Å². The summed E-state index contributed by atoms with van der Waals surface area (Å²) in [6.45, 7) is 2.98. The molecule has 1 aromatic heterocycles. The zero-order valence-corrected chi connectivity index (χ0v) is 12.6. The van der Waals surface area contributed by atoms with Crippen molar-refractivity contribution in [1.82, 2.24) is 9.97 Å². The number of aromatic nitrogens is 2. The number of anilines is 1. The van der Waals surface area contributed by atoms with E-state index in [0.29, 0.717) is 0 Å². The summed E-state index contributed by atoms with van der Waals surface area (Å²) >= 11 is 0. The molecule has 1 heterocycles. The van der Waals surface area contributed by atoms with Crippen LogP contribution in [0.4, 0.5) is 5.82 Å². The summed E-state index contributed by atoms with van der Waals surface area (Å²) in [7, 11) is 1.67. The molecule has 1 aromatic carbocycles. The Morgan fingerprint density at radius 3 is 2.57 bits per heavy atom. The van der Waals surface area contributed by atoms with Crippen LogP contribution in [0.2, 0.25) is 0 Å². The third-order valence-electron chi connectivity index (χ3n) is 3.88. The first kappa shape index (κ1) is 13.9. The molecular formula is C17H21N3O. The Morgan fingerprint density at radius 2 is 1.86 bits per heavy atom. The smallest absolute Gasteiger partial charge is 0.161 e. The molecule has 0 saturated carbocycles. The van der Waals surface area contributed by atoms with E-state index in [1.165, 1.54) is 24.1 Å². The van der Waals surface area contributed by atoms with E-state index in [1.54, 1.807) is 7.11 Å². The first-order chi connectivity index (χ1) is 10.3. The predicted octanol–water partition coefficient (Wildman–Crippen LogP) is 3.46. The van der Waals surface area contributed by atoms with Crippen molar-refractivity contribution in [2.24, 2.45) is 0 Å². The monoisotopic (exact) mass is 283 g/mol. The quantitative estimate of drug-likeness (QED) is 0.933. The Balaban J connectivity index is 2.03. The maximum absolute atomic E-state index is 5.20. The van der Waals surface area contributed by atoms with Crippen LogP contribution in [0.15, 0.2) is 24.3 Å². The molecule has 3 rings (SSSR count). The maximum atomic E-state index is 5.20. The number of ether oxygens (including phenoxy) is 1. The Kier molecular flexibility index (Phi) is 4.04. The van der Waals surface area contributed by atoms with E-state index in [1.807, 2.05) is 24.3 Å². The van der Waals surface area contributed by atoms with Crippen molar-refractivity contribution in [3.8, 4) is 17.1 Å². The minimum absolute atomic E-state index is 0.800. The molecule has 1 aliphatic carbocycles. The minimum atomic E-state index is 0.800. The van der Waals surface area contributed by atoms with Gasteiger partial charge in [0, 0.05) is 23.4 Å². The van der Waals surface area contributed by atoms with Crippen LogP contribution in [-0.2, 0) is 12.8 Å². The van der Waals surface area contributed by atoms with Crippen LogP contribution in [0.1, 0.15) is 31.0 Å². The Labute approximate surface area is 125 Å². The van der Waals surface area contributed by atoms with Crippen LogP contribution in [0.25, 0.3) is 11.4 Å². The SMILES string of the molecule is CCNc1nc(-c2ccc(OC)cc2)nc2c1CCCC2. The standard InChI is InChI=1S/C17H21N3O/c1-3-18-17-14-6-4-5-7-15(14)19-16(20-17)12-8-10-13(21-2)11-9-12/h8-11H,3-7H2,1-2H3,(H,18,19,20). The number of methoxy groups -OCH3 is 1. The van der Waals surface area contributed by atoms with E-state index in [0.717, 1.165) is 42.3 Å². The summed E-state index contributed by atoms with van der Waals surface area (Å²) in [5.41, 5.74) is 3.54. The van der Waals surface area contributed by atoms with Crippen molar-refractivity contribution in [2.45, 2.75) is 32.6 Å². The maximum Gasteiger partial charge on any atom is 0.161 e. The summed E-state index contributed by atoms with van der Waals surface area (Å²) in [6.07, 6.45) is 4.59. The lowest BCUT2D eigenvalue weighted by molar-refractivity contribution is 0.415. The van der Waals surface area contributed by atoms with E-state index < -0.39 is 0 Å². The molecule has 110 valence electrons. The second-order valence-electron chi connectivity index (χ2n) is 5.29. The second kappa shape index (κ2) is 6.12. The van der Waals surface area contributed by atoms with Crippen LogP contribution in [0.3, 0.4) is 0 Å². The largest absolute Gasteiger partial charge is 0.497 e. The summed E-state index contributed by atoms with van der Waals surface area (Å²) in [5.74, 6) is 2.66. The number of rotatable bonds is 4. The summed E-state index contributed by atoms with van der Waals surface area (Å²) in [5, 5.41) is 3.39. The van der Waals surface area contributed by atoms with Crippen LogP contribution >= 0.6 is 0 Å². The van der Waals surface area contributed by atoms with Gasteiger partial charge in [0.05, 0.1) is 7.11 Å². The molecule has 0 atom stereocenters. The fourth-order valence-corrected chi connectivity index (χ4v) is 2.78. The van der Waals surface area contributed by atoms with Gasteiger partial charge in [0.25, 0.3) is 0 Å². The Hall–Kier alpha value is -2.10. The average molecular weight is 283 g/mol. The highest BCUT2D eigenvalue weighted by Crippen LogP contribution is 2.29. The number of aryl methyl sites for hydroxylation is 1. The molecule has 0 fully saturated rings. The molecule has 0 spiro atoms. The lowest BCUT2D eigenvalue weighted by Crippen LogP contribution is -2.13. The van der Waals surface area contributed by atoms with Gasteiger partial charge in [0.1, 0.15) is 11.6 Å². The topological polar surface area (TPSA) is 47.0 Å². The van der Waals surface area contributed by atoms with Gasteiger partial charge in [0.2, 0.25) is 0 Å². The van der Waals surface area contributed by atoms with Gasteiger partial charge < -0.3 is 10.1 Å². The Morgan fingerprint density at radius 1 is 1.10 bits per heavy atom. The second-order valence-corrected chi connectivity index (χ2v) is 5.29. The van der Waals surface area contributed by atoms with E-state index in [-0.39, 0.29) is 0 Å². The molecule has 4 nitrogen and oxygen atoms in total. The first-order valence-electron chi connectivity index (χ1n) is 7.60. The molecular weight excluding hydrogens is 262 g/mol. The summed E-state index contributed by atoms with van der Waals surface area (Å²) in [4.78, 5) is 9.53. The van der Waals surface area contributed by atoms with Crippen molar-refractivity contribution in [3.05, 3.63) is 35.5 Å². The minimum Gasteiger partial charge on any atom is -0.497 e. The van der Waals surface area contributed by atoms with Crippen LogP contribution in [0, 0.1) is 0 Å². The summed E-state index contributed by atoms with van der Waals surface area (Å²) < 4.78 is 5.20. The van der Waals surface area contributed by atoms with Gasteiger partial charge in [-0.15, -0.1) is 0 Å². The van der Waals surface area contributed by atoms with Gasteiger partial charge in [-0.25, -0.2) is 9.97 Å². The van der Waals surface area contributed by atoms with Crippen molar-refractivity contribution in [2.75, 3.05) is 19.0 Å². The lowest BCUT2D eigenvalue weighted by Gasteiger charge is -2.19. The number of hydrogen-bond acceptors (Lipinski definition) is 4. The van der Waals surface area contributed by atoms with Gasteiger partial charge in [-0.1, -0.05) is 0 Å². The van der Waals surface area contributed by atoms with Gasteiger partial charge in [0.15, 0.2) is 5.82 Å². The van der Waals surface area contributed by atoms with Crippen LogP contribution in [-0.4, -0.2) is 23.6 Å². The fourth-order valence-electron chi connectivity index (χ4n) is 2.78. The van der Waals surface area contributed by atoms with E-state index >= 15 is 0 Å². The van der Waals surface area contributed by atoms with E-state index in [9.17, 15) is 0 Å². The predicted molar refractivity (Wildman–Crippen MR) is 84.8 cm³/mol. The third-order valence-corrected chi connectivity index (χ3v) is 3.88. The molecule has 2 aromatic rings. The molecule has 1 N–H and O–H groups in total. The van der Waals surface area contributed by atoms with Crippen molar-refractivity contribution in [1.29, 1.82) is 0 Å². The first-order valence-corrected chi connectivity index (χ1v) is 7.60. The zero-order chi connectivity index (χ0) is 14.7. The molecule has 0 aliphatic heterocycles. The molecule has 1 aliphatic rings. The van der Waals surface area contributed by atoms with E-state index in [2.05, 4.69) is 12.2 Å². The lowest BCUT2D eigenvalue weighted by atomic mass is 9.96. The number of hydrogen-bond donors (Lipinski definition) is 1. The van der Waals surface area contributed by atoms with Crippen LogP contribution < -0.4 is 10.1 Å². The molecule has 0 amide bonds. The fraction of sp³-hybridized carbons (Fsp3) is 0.412. The normalized spacial score (nSPS) is 13.6. The molecule has 4 heteroatoms. The molecule has 21 heavy (non-hydrogen) atoms. The van der Waals surface area contributed by atoms with E-state index in [4.69, 9.17) is 14.7 Å². The molecule has 0 unspecified atom stereocenters. The van der Waals surface area contributed by atoms with Gasteiger partial charge in [-0.05, 0) is 56.9 Å². The van der Waals surface area contributed by atoms with Crippen LogP contribution in [0.5, 0.6) is 5.75 Å². The number of fused-ring (bicyclic) bond motifs is 1. The third kappa shape index (κ3) is 2.84. The van der Waals surface area contributed by atoms with Crippen molar-refractivity contribution < 1.29 is 4.74 Å². The Bertz CT molecular complexity index is 623. The highest BCUT2D eigenvalue weighted by Gasteiger charge is 2.18. The summed E-state index contributed by atoms with van der Waals surface area (Å²) in [6, 6.07) is 7.92. The average Bonchev–Trinajstić information content (AvgIpc) is 2.55. The number of benzene rings is 1. The highest BCUT2D eigenvalue weighted by molar-refractivity contribution is 5.61.